The van der Waals surface area contributed by atoms with E-state index in [2.05, 4.69) is 32.6 Å². The van der Waals surface area contributed by atoms with Gasteiger partial charge < -0.3 is 5.73 Å². The molecule has 0 aliphatic heterocycles. The molecule has 0 saturated carbocycles. The molecule has 0 aromatic heterocycles. The van der Waals surface area contributed by atoms with Crippen LogP contribution >= 0.6 is 12.2 Å². The van der Waals surface area contributed by atoms with Gasteiger partial charge in [0.05, 0.1) is 11.0 Å². The lowest BCUT2D eigenvalue weighted by Gasteiger charge is -2.32. The van der Waals surface area contributed by atoms with Crippen molar-refractivity contribution in [3.63, 3.8) is 0 Å². The molecule has 0 aromatic rings. The predicted molar refractivity (Wildman–Crippen MR) is 58.4 cm³/mol. The summed E-state index contributed by atoms with van der Waals surface area (Å²) in [6.45, 7) is 9.61. The van der Waals surface area contributed by atoms with Crippen LogP contribution in [0.2, 0.25) is 0 Å². The molecule has 0 amide bonds. The standard InChI is InChI=1S/C9H20N2S/c1-5-8(9(10)12)11(6-2)7(3)4/h7-8H,5-6H2,1-4H3,(H2,10,12). The quantitative estimate of drug-likeness (QED) is 0.667. The van der Waals surface area contributed by atoms with Gasteiger partial charge in [-0.25, -0.2) is 0 Å². The summed E-state index contributed by atoms with van der Waals surface area (Å²) in [6.07, 6.45) is 1.00. The van der Waals surface area contributed by atoms with Crippen LogP contribution in [0.4, 0.5) is 0 Å². The fraction of sp³-hybridized carbons (Fsp3) is 0.889. The van der Waals surface area contributed by atoms with Gasteiger partial charge in [-0.1, -0.05) is 26.1 Å². The average Bonchev–Trinajstić information content (AvgIpc) is 1.98. The van der Waals surface area contributed by atoms with Crippen molar-refractivity contribution in [2.45, 2.75) is 46.2 Å². The first-order valence-electron chi connectivity index (χ1n) is 4.59. The van der Waals surface area contributed by atoms with E-state index in [0.717, 1.165) is 13.0 Å². The van der Waals surface area contributed by atoms with E-state index in [9.17, 15) is 0 Å². The molecule has 0 radical (unpaired) electrons. The Morgan fingerprint density at radius 2 is 1.92 bits per heavy atom. The Bertz CT molecular complexity index is 145. The number of hydrogen-bond donors (Lipinski definition) is 1. The summed E-state index contributed by atoms with van der Waals surface area (Å²) < 4.78 is 0. The summed E-state index contributed by atoms with van der Waals surface area (Å²) in [5, 5.41) is 0. The van der Waals surface area contributed by atoms with Gasteiger partial charge in [0.25, 0.3) is 0 Å². The van der Waals surface area contributed by atoms with Crippen LogP contribution < -0.4 is 5.73 Å². The Kier molecular flexibility index (Phi) is 5.42. The summed E-state index contributed by atoms with van der Waals surface area (Å²) in [6, 6.07) is 0.784. The van der Waals surface area contributed by atoms with Crippen LogP contribution in [-0.2, 0) is 0 Å². The van der Waals surface area contributed by atoms with Crippen LogP contribution in [0.3, 0.4) is 0 Å². The van der Waals surface area contributed by atoms with Gasteiger partial charge in [-0.3, -0.25) is 4.90 Å². The second-order valence-corrected chi connectivity index (χ2v) is 3.72. The van der Waals surface area contributed by atoms with E-state index < -0.39 is 0 Å². The van der Waals surface area contributed by atoms with Gasteiger partial charge in [0.15, 0.2) is 0 Å². The first kappa shape index (κ1) is 11.8. The third-order valence-corrected chi connectivity index (χ3v) is 2.42. The Balaban J connectivity index is 4.33. The molecule has 3 heteroatoms. The van der Waals surface area contributed by atoms with Gasteiger partial charge in [0.1, 0.15) is 0 Å². The SMILES string of the molecule is CCC(C(N)=S)N(CC)C(C)C. The van der Waals surface area contributed by atoms with Crippen LogP contribution in [0.1, 0.15) is 34.1 Å². The highest BCUT2D eigenvalue weighted by atomic mass is 32.1. The van der Waals surface area contributed by atoms with Gasteiger partial charge in [-0.2, -0.15) is 0 Å². The van der Waals surface area contributed by atoms with Crippen molar-refractivity contribution in [3.05, 3.63) is 0 Å². The maximum atomic E-state index is 5.65. The molecule has 0 spiro atoms. The molecule has 0 aromatic carbocycles. The van der Waals surface area contributed by atoms with E-state index in [1.165, 1.54) is 0 Å². The first-order valence-corrected chi connectivity index (χ1v) is 5.00. The van der Waals surface area contributed by atoms with Crippen molar-refractivity contribution in [1.82, 2.24) is 4.90 Å². The van der Waals surface area contributed by atoms with E-state index in [1.54, 1.807) is 0 Å². The topological polar surface area (TPSA) is 29.3 Å². The summed E-state index contributed by atoms with van der Waals surface area (Å²) in [7, 11) is 0. The lowest BCUT2D eigenvalue weighted by Crippen LogP contribution is -2.46. The van der Waals surface area contributed by atoms with Crippen LogP contribution in [-0.4, -0.2) is 28.5 Å². The molecule has 0 saturated heterocycles. The van der Waals surface area contributed by atoms with Gasteiger partial charge in [0.2, 0.25) is 0 Å². The first-order chi connectivity index (χ1) is 5.54. The Morgan fingerprint density at radius 3 is 2.00 bits per heavy atom. The molecule has 1 atom stereocenters. The van der Waals surface area contributed by atoms with Crippen LogP contribution in [0.5, 0.6) is 0 Å². The molecular weight excluding hydrogens is 168 g/mol. The van der Waals surface area contributed by atoms with Gasteiger partial charge in [0, 0.05) is 6.04 Å². The molecule has 0 rings (SSSR count). The van der Waals surface area contributed by atoms with Crippen molar-refractivity contribution in [2.24, 2.45) is 5.73 Å². The molecule has 0 aliphatic rings. The van der Waals surface area contributed by atoms with Crippen molar-refractivity contribution >= 4 is 17.2 Å². The van der Waals surface area contributed by atoms with E-state index in [-0.39, 0.29) is 6.04 Å². The second kappa shape index (κ2) is 5.49. The zero-order chi connectivity index (χ0) is 9.72. The van der Waals surface area contributed by atoms with Crippen LogP contribution in [0.25, 0.3) is 0 Å². The third-order valence-electron chi connectivity index (χ3n) is 2.14. The molecular formula is C9H20N2S. The summed E-state index contributed by atoms with van der Waals surface area (Å²) in [5.41, 5.74) is 5.65. The van der Waals surface area contributed by atoms with Crippen molar-refractivity contribution in [2.75, 3.05) is 6.54 Å². The lowest BCUT2D eigenvalue weighted by atomic mass is 10.1. The number of rotatable bonds is 5. The molecule has 0 fully saturated rings. The number of hydrogen-bond acceptors (Lipinski definition) is 2. The van der Waals surface area contributed by atoms with Crippen LogP contribution in [0.15, 0.2) is 0 Å². The highest BCUT2D eigenvalue weighted by Gasteiger charge is 2.19. The van der Waals surface area contributed by atoms with Crippen molar-refractivity contribution < 1.29 is 0 Å². The highest BCUT2D eigenvalue weighted by molar-refractivity contribution is 7.80. The summed E-state index contributed by atoms with van der Waals surface area (Å²) in [5.74, 6) is 0. The number of nitrogens with two attached hydrogens (primary N) is 1. The fourth-order valence-electron chi connectivity index (χ4n) is 1.54. The number of likely N-dealkylation sites (N-methyl/N-ethyl adjacent to an activating group) is 1. The molecule has 2 N–H and O–H groups in total. The Hall–Kier alpha value is -0.150. The van der Waals surface area contributed by atoms with Gasteiger partial charge >= 0.3 is 0 Å². The Morgan fingerprint density at radius 1 is 1.42 bits per heavy atom. The monoisotopic (exact) mass is 188 g/mol. The summed E-state index contributed by atoms with van der Waals surface area (Å²) in [4.78, 5) is 2.94. The molecule has 72 valence electrons. The molecule has 0 heterocycles. The normalized spacial score (nSPS) is 13.8. The smallest absolute Gasteiger partial charge is 0.0902 e. The number of thiocarbonyl (C=S) groups is 1. The average molecular weight is 188 g/mol. The fourth-order valence-corrected chi connectivity index (χ4v) is 1.85. The van der Waals surface area contributed by atoms with Crippen molar-refractivity contribution in [1.29, 1.82) is 0 Å². The lowest BCUT2D eigenvalue weighted by molar-refractivity contribution is 0.200. The second-order valence-electron chi connectivity index (χ2n) is 3.25. The Labute approximate surface area is 81.1 Å². The minimum Gasteiger partial charge on any atom is -0.392 e. The maximum Gasteiger partial charge on any atom is 0.0902 e. The third kappa shape index (κ3) is 3.07. The zero-order valence-electron chi connectivity index (χ0n) is 8.50. The predicted octanol–water partition coefficient (Wildman–Crippen LogP) is 1.78. The van der Waals surface area contributed by atoms with E-state index >= 15 is 0 Å². The largest absolute Gasteiger partial charge is 0.392 e. The number of nitrogens with zero attached hydrogens (tertiary/aromatic N) is 1. The van der Waals surface area contributed by atoms with Crippen molar-refractivity contribution in [3.8, 4) is 0 Å². The molecule has 12 heavy (non-hydrogen) atoms. The summed E-state index contributed by atoms with van der Waals surface area (Å²) >= 11 is 5.01. The molecule has 0 aliphatic carbocycles. The van der Waals surface area contributed by atoms with Crippen LogP contribution in [0, 0.1) is 0 Å². The van der Waals surface area contributed by atoms with E-state index in [4.69, 9.17) is 18.0 Å². The molecule has 2 nitrogen and oxygen atoms in total. The zero-order valence-corrected chi connectivity index (χ0v) is 9.32. The minimum absolute atomic E-state index is 0.269. The van der Waals surface area contributed by atoms with Gasteiger partial charge in [-0.05, 0) is 26.8 Å². The van der Waals surface area contributed by atoms with E-state index in [0.29, 0.717) is 11.0 Å². The maximum absolute atomic E-state index is 5.65. The molecule has 0 bridgehead atoms. The van der Waals surface area contributed by atoms with E-state index in [1.807, 2.05) is 0 Å². The van der Waals surface area contributed by atoms with Gasteiger partial charge in [-0.15, -0.1) is 0 Å². The minimum atomic E-state index is 0.269. The highest BCUT2D eigenvalue weighted by Crippen LogP contribution is 2.08. The molecule has 1 unspecified atom stereocenters.